The number of carbonyl (C=O) groups excluding carboxylic acids is 1. The normalized spacial score (nSPS) is 17.2. The molecule has 0 bridgehead atoms. The second kappa shape index (κ2) is 6.46. The molecule has 2 aromatic rings. The van der Waals surface area contributed by atoms with Crippen LogP contribution in [0.4, 0.5) is 5.95 Å². The minimum atomic E-state index is -0.0663. The van der Waals surface area contributed by atoms with Crippen LogP contribution in [0.15, 0.2) is 24.3 Å². The first kappa shape index (κ1) is 14.4. The average Bonchev–Trinajstić information content (AvgIpc) is 2.81. The second-order valence-corrected chi connectivity index (χ2v) is 5.33. The molecule has 1 aromatic heterocycles. The van der Waals surface area contributed by atoms with E-state index in [4.69, 9.17) is 10.5 Å². The first-order chi connectivity index (χ1) is 10.7. The summed E-state index contributed by atoms with van der Waals surface area (Å²) in [5.74, 6) is 1.76. The second-order valence-electron chi connectivity index (χ2n) is 5.33. The third-order valence-electron chi connectivity index (χ3n) is 3.74. The van der Waals surface area contributed by atoms with Crippen LogP contribution < -0.4 is 15.8 Å². The summed E-state index contributed by atoms with van der Waals surface area (Å²) in [5.41, 5.74) is 6.52. The van der Waals surface area contributed by atoms with Gasteiger partial charge in [0, 0.05) is 18.9 Å². The van der Waals surface area contributed by atoms with Crippen LogP contribution in [0.1, 0.15) is 17.8 Å². The number of hydrogen-bond donors (Lipinski definition) is 3. The van der Waals surface area contributed by atoms with Crippen LogP contribution in [0.5, 0.6) is 5.75 Å². The molecule has 0 fully saturated rings. The maximum Gasteiger partial charge on any atom is 0.239 e. The van der Waals surface area contributed by atoms with Crippen LogP contribution in [-0.4, -0.2) is 34.2 Å². The monoisotopic (exact) mass is 301 g/mol. The van der Waals surface area contributed by atoms with Crippen molar-refractivity contribution in [3.05, 3.63) is 35.7 Å². The van der Waals surface area contributed by atoms with Gasteiger partial charge in [-0.1, -0.05) is 18.2 Å². The highest BCUT2D eigenvalue weighted by molar-refractivity contribution is 5.79. The minimum Gasteiger partial charge on any atom is -0.493 e. The summed E-state index contributed by atoms with van der Waals surface area (Å²) in [6.07, 6.45) is 2.00. The van der Waals surface area contributed by atoms with Crippen LogP contribution in [-0.2, 0) is 17.6 Å². The van der Waals surface area contributed by atoms with E-state index in [0.717, 1.165) is 17.7 Å². The van der Waals surface area contributed by atoms with Gasteiger partial charge in [-0.2, -0.15) is 4.98 Å². The zero-order chi connectivity index (χ0) is 15.4. The fourth-order valence-corrected chi connectivity index (χ4v) is 2.59. The molecule has 3 rings (SSSR count). The van der Waals surface area contributed by atoms with Gasteiger partial charge in [0.05, 0.1) is 6.61 Å². The van der Waals surface area contributed by atoms with Crippen molar-refractivity contribution in [1.29, 1.82) is 0 Å². The first-order valence-electron chi connectivity index (χ1n) is 7.37. The Morgan fingerprint density at radius 3 is 3.14 bits per heavy atom. The maximum absolute atomic E-state index is 12.3. The summed E-state index contributed by atoms with van der Waals surface area (Å²) >= 11 is 0. The van der Waals surface area contributed by atoms with Crippen molar-refractivity contribution in [3.63, 3.8) is 0 Å². The molecule has 0 saturated carbocycles. The molecule has 0 saturated heterocycles. The zero-order valence-corrected chi connectivity index (χ0v) is 12.2. The number of nitrogens with two attached hydrogens (primary N) is 1. The Morgan fingerprint density at radius 2 is 2.32 bits per heavy atom. The van der Waals surface area contributed by atoms with Crippen molar-refractivity contribution in [2.45, 2.75) is 19.3 Å². The van der Waals surface area contributed by atoms with Crippen molar-refractivity contribution in [1.82, 2.24) is 20.5 Å². The number of nitrogens with one attached hydrogen (secondary N) is 2. The van der Waals surface area contributed by atoms with Crippen molar-refractivity contribution >= 4 is 11.9 Å². The average molecular weight is 301 g/mol. The predicted molar refractivity (Wildman–Crippen MR) is 81.3 cm³/mol. The molecule has 7 nitrogen and oxygen atoms in total. The smallest absolute Gasteiger partial charge is 0.239 e. The lowest BCUT2D eigenvalue weighted by atomic mass is 9.96. The van der Waals surface area contributed by atoms with Gasteiger partial charge in [0.2, 0.25) is 11.9 Å². The molecule has 0 aliphatic carbocycles. The van der Waals surface area contributed by atoms with E-state index in [0.29, 0.717) is 31.8 Å². The molecule has 1 aliphatic rings. The van der Waals surface area contributed by atoms with Gasteiger partial charge in [0.1, 0.15) is 11.6 Å². The number of aromatic nitrogens is 3. The molecule has 4 N–H and O–H groups in total. The van der Waals surface area contributed by atoms with Crippen LogP contribution in [0.3, 0.4) is 0 Å². The number of amides is 1. The van der Waals surface area contributed by atoms with Crippen molar-refractivity contribution in [2.24, 2.45) is 5.92 Å². The lowest BCUT2D eigenvalue weighted by molar-refractivity contribution is -0.125. The number of hydrogen-bond acceptors (Lipinski definition) is 5. The number of nitrogens with zero attached hydrogens (tertiary/aromatic N) is 2. The molecular weight excluding hydrogens is 282 g/mol. The Kier molecular flexibility index (Phi) is 4.22. The Morgan fingerprint density at radius 1 is 1.45 bits per heavy atom. The Hall–Kier alpha value is -2.57. The molecule has 0 spiro atoms. The van der Waals surface area contributed by atoms with Crippen molar-refractivity contribution in [2.75, 3.05) is 18.9 Å². The number of anilines is 1. The van der Waals surface area contributed by atoms with Crippen LogP contribution >= 0.6 is 0 Å². The van der Waals surface area contributed by atoms with Gasteiger partial charge in [-0.3, -0.25) is 9.89 Å². The molecule has 2 heterocycles. The molecule has 116 valence electrons. The van der Waals surface area contributed by atoms with Gasteiger partial charge >= 0.3 is 0 Å². The number of aromatic amines is 1. The van der Waals surface area contributed by atoms with E-state index in [1.807, 2.05) is 24.3 Å². The molecule has 1 amide bonds. The maximum atomic E-state index is 12.3. The number of ether oxygens (including phenoxy) is 1. The van der Waals surface area contributed by atoms with E-state index in [1.165, 1.54) is 0 Å². The highest BCUT2D eigenvalue weighted by Gasteiger charge is 2.23. The number of para-hydroxylation sites is 1. The number of nitrogen functional groups attached to an aromatic ring is 1. The number of fused-ring (bicyclic) bond motifs is 1. The Balaban J connectivity index is 1.54. The third-order valence-corrected chi connectivity index (χ3v) is 3.74. The fraction of sp³-hybridized carbons (Fsp3) is 0.400. The summed E-state index contributed by atoms with van der Waals surface area (Å²) in [7, 11) is 0. The fourth-order valence-electron chi connectivity index (χ4n) is 2.59. The van der Waals surface area contributed by atoms with E-state index in [-0.39, 0.29) is 17.8 Å². The largest absolute Gasteiger partial charge is 0.493 e. The van der Waals surface area contributed by atoms with Gasteiger partial charge in [-0.15, -0.1) is 5.10 Å². The standard InChI is InChI=1S/C15H19N5O2/c16-15-18-13(19-20-15)5-7-17-14(21)11-6-8-22-12-4-2-1-3-10(12)9-11/h1-4,11H,5-9H2,(H,17,21)(H3,16,18,19,20)/t11-/m1/s1. The molecule has 22 heavy (non-hydrogen) atoms. The van der Waals surface area contributed by atoms with Crippen molar-refractivity contribution < 1.29 is 9.53 Å². The van der Waals surface area contributed by atoms with Crippen molar-refractivity contribution in [3.8, 4) is 5.75 Å². The Labute approximate surface area is 128 Å². The van der Waals surface area contributed by atoms with Crippen LogP contribution in [0.2, 0.25) is 0 Å². The number of benzene rings is 1. The quantitative estimate of drug-likeness (QED) is 0.770. The summed E-state index contributed by atoms with van der Waals surface area (Å²) in [6, 6.07) is 7.88. The molecule has 1 atom stereocenters. The lowest BCUT2D eigenvalue weighted by Gasteiger charge is -2.13. The molecule has 0 unspecified atom stereocenters. The molecule has 7 heteroatoms. The third kappa shape index (κ3) is 3.36. The number of carbonyl (C=O) groups is 1. The minimum absolute atomic E-state index is 0.0489. The van der Waals surface area contributed by atoms with E-state index in [9.17, 15) is 4.79 Å². The van der Waals surface area contributed by atoms with Gasteiger partial charge in [0.25, 0.3) is 0 Å². The summed E-state index contributed by atoms with van der Waals surface area (Å²) in [5, 5.41) is 9.42. The summed E-state index contributed by atoms with van der Waals surface area (Å²) < 4.78 is 5.69. The van der Waals surface area contributed by atoms with Crippen LogP contribution in [0, 0.1) is 5.92 Å². The van der Waals surface area contributed by atoms with Gasteiger partial charge in [0.15, 0.2) is 0 Å². The highest BCUT2D eigenvalue weighted by atomic mass is 16.5. The zero-order valence-electron chi connectivity index (χ0n) is 12.2. The van der Waals surface area contributed by atoms with Crippen LogP contribution in [0.25, 0.3) is 0 Å². The van der Waals surface area contributed by atoms with E-state index in [2.05, 4.69) is 20.5 Å². The SMILES string of the molecule is Nc1n[nH]c(CCNC(=O)[C@@H]2CCOc3ccccc3C2)n1. The number of H-pyrrole nitrogens is 1. The van der Waals surface area contributed by atoms with E-state index < -0.39 is 0 Å². The molecule has 0 radical (unpaired) electrons. The van der Waals surface area contributed by atoms with E-state index in [1.54, 1.807) is 0 Å². The lowest BCUT2D eigenvalue weighted by Crippen LogP contribution is -2.33. The number of rotatable bonds is 4. The Bertz CT molecular complexity index is 655. The molecule has 1 aromatic carbocycles. The van der Waals surface area contributed by atoms with Gasteiger partial charge in [-0.25, -0.2) is 0 Å². The van der Waals surface area contributed by atoms with Gasteiger partial charge < -0.3 is 15.8 Å². The first-order valence-corrected chi connectivity index (χ1v) is 7.37. The summed E-state index contributed by atoms with van der Waals surface area (Å²) in [6.45, 7) is 1.07. The topological polar surface area (TPSA) is 106 Å². The molecule has 1 aliphatic heterocycles. The van der Waals surface area contributed by atoms with Gasteiger partial charge in [-0.05, 0) is 24.5 Å². The molecular formula is C15H19N5O2. The predicted octanol–water partition coefficient (Wildman–Crippen LogP) is 0.687. The highest BCUT2D eigenvalue weighted by Crippen LogP contribution is 2.26. The van der Waals surface area contributed by atoms with E-state index >= 15 is 0 Å². The summed E-state index contributed by atoms with van der Waals surface area (Å²) in [4.78, 5) is 16.3.